The summed E-state index contributed by atoms with van der Waals surface area (Å²) in [5.41, 5.74) is 1.19. The third-order valence-corrected chi connectivity index (χ3v) is 5.17. The summed E-state index contributed by atoms with van der Waals surface area (Å²) in [6.45, 7) is 1.95. The molecule has 1 unspecified atom stereocenters. The average Bonchev–Trinajstić information content (AvgIpc) is 3.18. The standard InChI is InChI=1S/C22H23N5O7/c1-14-23-13-20(27(32)33)26(14)10-11-34-21(29)9-6-15-4-2-3-5-18(15)25-24-16-7-8-19(28)17(12-16)22(30)31/h2-5,7-8,12,20,28H,6,9-11,13H2,1H3,(H,30,31). The number of hydrogen-bond donors (Lipinski definition) is 2. The molecule has 0 aliphatic carbocycles. The number of esters is 1. The number of ether oxygens (including phenoxy) is 1. The van der Waals surface area contributed by atoms with Crippen molar-refractivity contribution in [2.24, 2.45) is 15.2 Å². The van der Waals surface area contributed by atoms with Crippen molar-refractivity contribution in [1.82, 2.24) is 4.90 Å². The molecule has 0 spiro atoms. The van der Waals surface area contributed by atoms with Crippen LogP contribution < -0.4 is 0 Å². The molecule has 12 nitrogen and oxygen atoms in total. The maximum atomic E-state index is 12.2. The summed E-state index contributed by atoms with van der Waals surface area (Å²) >= 11 is 0. The zero-order valence-electron chi connectivity index (χ0n) is 18.3. The molecule has 0 saturated heterocycles. The summed E-state index contributed by atoms with van der Waals surface area (Å²) < 4.78 is 5.23. The quantitative estimate of drug-likeness (QED) is 0.231. The molecule has 2 aromatic rings. The van der Waals surface area contributed by atoms with Crippen molar-refractivity contribution in [2.45, 2.75) is 25.9 Å². The van der Waals surface area contributed by atoms with Crippen LogP contribution in [0.15, 0.2) is 57.7 Å². The number of amidine groups is 1. The van der Waals surface area contributed by atoms with Gasteiger partial charge < -0.3 is 14.9 Å². The van der Waals surface area contributed by atoms with Crippen LogP contribution in [0.2, 0.25) is 0 Å². The third kappa shape index (κ3) is 6.12. The van der Waals surface area contributed by atoms with E-state index < -0.39 is 23.0 Å². The van der Waals surface area contributed by atoms with Gasteiger partial charge in [-0.3, -0.25) is 24.8 Å². The van der Waals surface area contributed by atoms with Crippen molar-refractivity contribution in [3.63, 3.8) is 0 Å². The van der Waals surface area contributed by atoms with Crippen molar-refractivity contribution in [3.05, 3.63) is 63.7 Å². The van der Waals surface area contributed by atoms with Gasteiger partial charge in [-0.05, 0) is 43.2 Å². The molecule has 0 amide bonds. The summed E-state index contributed by atoms with van der Waals surface area (Å²) in [5, 5.41) is 38.0. The van der Waals surface area contributed by atoms with Gasteiger partial charge in [-0.1, -0.05) is 18.2 Å². The first kappa shape index (κ1) is 24.3. The summed E-state index contributed by atoms with van der Waals surface area (Å²) in [5.74, 6) is -1.56. The monoisotopic (exact) mass is 469 g/mol. The van der Waals surface area contributed by atoms with E-state index >= 15 is 0 Å². The number of aliphatic imine (C=N–C) groups is 1. The highest BCUT2D eigenvalue weighted by Crippen LogP contribution is 2.27. The van der Waals surface area contributed by atoms with E-state index in [4.69, 9.17) is 9.84 Å². The van der Waals surface area contributed by atoms with Gasteiger partial charge in [0, 0.05) is 11.3 Å². The number of carbonyl (C=O) groups excluding carboxylic acids is 1. The van der Waals surface area contributed by atoms with Gasteiger partial charge in [-0.25, -0.2) is 4.79 Å². The Morgan fingerprint density at radius 2 is 2.03 bits per heavy atom. The highest BCUT2D eigenvalue weighted by atomic mass is 16.6. The molecule has 2 aromatic carbocycles. The molecule has 1 aliphatic rings. The number of aryl methyl sites for hydroxylation is 1. The van der Waals surface area contributed by atoms with E-state index in [1.165, 1.54) is 23.1 Å². The predicted octanol–water partition coefficient (Wildman–Crippen LogP) is 3.32. The molecular weight excluding hydrogens is 446 g/mol. The van der Waals surface area contributed by atoms with E-state index in [0.29, 0.717) is 17.9 Å². The molecule has 0 radical (unpaired) electrons. The van der Waals surface area contributed by atoms with Crippen LogP contribution in [0.5, 0.6) is 5.75 Å². The minimum Gasteiger partial charge on any atom is -0.507 e. The number of phenols is 1. The summed E-state index contributed by atoms with van der Waals surface area (Å²) in [6, 6.07) is 10.9. The first-order valence-corrected chi connectivity index (χ1v) is 10.4. The van der Waals surface area contributed by atoms with Gasteiger partial charge in [0.05, 0.1) is 17.9 Å². The molecule has 12 heteroatoms. The number of nitro groups is 1. The molecular formula is C22H23N5O7. The van der Waals surface area contributed by atoms with Crippen molar-refractivity contribution >= 4 is 29.1 Å². The fourth-order valence-electron chi connectivity index (χ4n) is 3.37. The fraction of sp³-hybridized carbons (Fsp3) is 0.318. The average molecular weight is 469 g/mol. The first-order chi connectivity index (χ1) is 16.3. The van der Waals surface area contributed by atoms with Crippen LogP contribution in [0.4, 0.5) is 11.4 Å². The van der Waals surface area contributed by atoms with Gasteiger partial charge in [0.1, 0.15) is 30.3 Å². The van der Waals surface area contributed by atoms with Gasteiger partial charge in [0.25, 0.3) is 0 Å². The van der Waals surface area contributed by atoms with Gasteiger partial charge >= 0.3 is 18.1 Å². The lowest BCUT2D eigenvalue weighted by Crippen LogP contribution is -2.42. The summed E-state index contributed by atoms with van der Waals surface area (Å²) in [6.07, 6.45) is -0.539. The second-order valence-corrected chi connectivity index (χ2v) is 7.40. The lowest BCUT2D eigenvalue weighted by molar-refractivity contribution is -0.539. The molecule has 0 fully saturated rings. The molecule has 1 atom stereocenters. The van der Waals surface area contributed by atoms with E-state index in [9.17, 15) is 24.8 Å². The number of nitrogens with zero attached hydrogens (tertiary/aromatic N) is 5. The SMILES string of the molecule is CC1=NCC([N+](=O)[O-])N1CCOC(=O)CCc1ccccc1N=Nc1ccc(O)c(C(=O)O)c1. The number of carboxylic acids is 1. The van der Waals surface area contributed by atoms with Crippen LogP contribution in [-0.2, 0) is 16.0 Å². The minimum absolute atomic E-state index is 0.00412. The number of carbonyl (C=O) groups is 2. The molecule has 1 heterocycles. The van der Waals surface area contributed by atoms with E-state index in [2.05, 4.69) is 15.2 Å². The van der Waals surface area contributed by atoms with Gasteiger partial charge in [0.15, 0.2) is 0 Å². The number of azo groups is 1. The molecule has 3 rings (SSSR count). The van der Waals surface area contributed by atoms with E-state index in [1.54, 1.807) is 31.2 Å². The Balaban J connectivity index is 1.55. The van der Waals surface area contributed by atoms with E-state index in [1.807, 2.05) is 0 Å². The molecule has 0 saturated carbocycles. The Labute approximate surface area is 194 Å². The van der Waals surface area contributed by atoms with E-state index in [0.717, 1.165) is 5.56 Å². The summed E-state index contributed by atoms with van der Waals surface area (Å²) in [4.78, 5) is 39.6. The molecule has 0 aromatic heterocycles. The van der Waals surface area contributed by atoms with Crippen LogP contribution in [0.25, 0.3) is 0 Å². The van der Waals surface area contributed by atoms with Crippen LogP contribution in [0.3, 0.4) is 0 Å². The zero-order valence-corrected chi connectivity index (χ0v) is 18.3. The Morgan fingerprint density at radius 1 is 1.26 bits per heavy atom. The second kappa shape index (κ2) is 11.0. The number of aromatic hydroxyl groups is 1. The smallest absolute Gasteiger partial charge is 0.339 e. The number of rotatable bonds is 10. The minimum atomic E-state index is -1.28. The van der Waals surface area contributed by atoms with E-state index in [-0.39, 0.29) is 43.1 Å². The number of benzene rings is 2. The molecule has 0 bridgehead atoms. The molecule has 34 heavy (non-hydrogen) atoms. The van der Waals surface area contributed by atoms with Crippen molar-refractivity contribution in [1.29, 1.82) is 0 Å². The Morgan fingerprint density at radius 3 is 2.76 bits per heavy atom. The molecule has 178 valence electrons. The van der Waals surface area contributed by atoms with Crippen LogP contribution in [0.1, 0.15) is 29.3 Å². The maximum Gasteiger partial charge on any atom is 0.339 e. The first-order valence-electron chi connectivity index (χ1n) is 10.4. The Hall–Kier alpha value is -4.35. The van der Waals surface area contributed by atoms with Gasteiger partial charge in [-0.15, -0.1) is 0 Å². The normalized spacial score (nSPS) is 15.4. The van der Waals surface area contributed by atoms with Gasteiger partial charge in [-0.2, -0.15) is 10.2 Å². The highest BCUT2D eigenvalue weighted by Gasteiger charge is 2.34. The van der Waals surface area contributed by atoms with Crippen molar-refractivity contribution in [2.75, 3.05) is 19.7 Å². The van der Waals surface area contributed by atoms with Crippen LogP contribution in [0, 0.1) is 10.1 Å². The largest absolute Gasteiger partial charge is 0.507 e. The van der Waals surface area contributed by atoms with Crippen LogP contribution >= 0.6 is 0 Å². The second-order valence-electron chi connectivity index (χ2n) is 7.40. The molecule has 1 aliphatic heterocycles. The number of aromatic carboxylic acids is 1. The third-order valence-electron chi connectivity index (χ3n) is 5.17. The lowest BCUT2D eigenvalue weighted by atomic mass is 10.1. The fourth-order valence-corrected chi connectivity index (χ4v) is 3.37. The predicted molar refractivity (Wildman–Crippen MR) is 120 cm³/mol. The van der Waals surface area contributed by atoms with Crippen molar-refractivity contribution < 1.29 is 29.5 Å². The maximum absolute atomic E-state index is 12.2. The van der Waals surface area contributed by atoms with Gasteiger partial charge in [0.2, 0.25) is 0 Å². The Kier molecular flexibility index (Phi) is 7.85. The number of hydrogen-bond acceptors (Lipinski definition) is 10. The lowest BCUT2D eigenvalue weighted by Gasteiger charge is -2.20. The van der Waals surface area contributed by atoms with Crippen LogP contribution in [-0.4, -0.2) is 63.7 Å². The van der Waals surface area contributed by atoms with Crippen molar-refractivity contribution in [3.8, 4) is 5.75 Å². The Bertz CT molecular complexity index is 1150. The molecule has 2 N–H and O–H groups in total. The highest BCUT2D eigenvalue weighted by molar-refractivity contribution is 5.91. The number of carboxylic acid groups (broad SMARTS) is 1. The summed E-state index contributed by atoms with van der Waals surface area (Å²) in [7, 11) is 0. The topological polar surface area (TPSA) is 167 Å². The zero-order chi connectivity index (χ0) is 24.7.